The lowest BCUT2D eigenvalue weighted by Gasteiger charge is -2.23. The highest BCUT2D eigenvalue weighted by atomic mass is 16.7. The van der Waals surface area contributed by atoms with E-state index < -0.39 is 30.3 Å². The normalized spacial score (nSPS) is 12.0. The molecule has 0 saturated heterocycles. The van der Waals surface area contributed by atoms with E-state index in [1.165, 1.54) is 6.07 Å². The molecular weight excluding hydrogens is 572 g/mol. The minimum absolute atomic E-state index is 0.0865. The zero-order valence-corrected chi connectivity index (χ0v) is 25.0. The van der Waals surface area contributed by atoms with Gasteiger partial charge in [0.25, 0.3) is 0 Å². The van der Waals surface area contributed by atoms with E-state index in [0.29, 0.717) is 25.0 Å². The van der Waals surface area contributed by atoms with Gasteiger partial charge in [-0.2, -0.15) is 0 Å². The first kappa shape index (κ1) is 36.0. The van der Waals surface area contributed by atoms with Crippen molar-refractivity contribution in [2.24, 2.45) is 0 Å². The highest BCUT2D eigenvalue weighted by Gasteiger charge is 2.22. The molecule has 0 aliphatic carbocycles. The Hall–Kier alpha value is -4.16. The Kier molecular flexibility index (Phi) is 17.6. The second kappa shape index (κ2) is 21.5. The Morgan fingerprint density at radius 3 is 2.00 bits per heavy atom. The fourth-order valence-corrected chi connectivity index (χ4v) is 3.68. The summed E-state index contributed by atoms with van der Waals surface area (Å²) in [6.45, 7) is 9.60. The molecule has 0 radical (unpaired) electrons. The van der Waals surface area contributed by atoms with Crippen LogP contribution in [0.1, 0.15) is 46.0 Å². The van der Waals surface area contributed by atoms with Gasteiger partial charge in [-0.3, -0.25) is 4.79 Å². The maximum atomic E-state index is 13.1. The number of carbonyl (C=O) groups excluding carboxylic acids is 4. The standard InChI is InChI=1S/C33H40O11/c1-4-30(34)41-18-12-11-17-39-23-27(44-25(3)40-21-19-38-20-22-42-31(35)5-2)24-43-33(37)29-16-10-9-15-28(29)32(36)26-13-7-6-8-14-26/h4-10,13-16,25,27H,1-2,11-12,17-24H2,3H3. The van der Waals surface area contributed by atoms with Crippen molar-refractivity contribution in [3.63, 3.8) is 0 Å². The van der Waals surface area contributed by atoms with Crippen molar-refractivity contribution in [3.8, 4) is 0 Å². The second-order valence-corrected chi connectivity index (χ2v) is 9.17. The maximum Gasteiger partial charge on any atom is 0.338 e. The summed E-state index contributed by atoms with van der Waals surface area (Å²) in [5, 5.41) is 0. The Morgan fingerprint density at radius 1 is 0.682 bits per heavy atom. The van der Waals surface area contributed by atoms with Gasteiger partial charge >= 0.3 is 17.9 Å². The summed E-state index contributed by atoms with van der Waals surface area (Å²) < 4.78 is 38.0. The predicted octanol–water partition coefficient (Wildman–Crippen LogP) is 4.09. The van der Waals surface area contributed by atoms with Crippen molar-refractivity contribution in [1.82, 2.24) is 0 Å². The van der Waals surface area contributed by atoms with Crippen LogP contribution < -0.4 is 0 Å². The molecule has 0 heterocycles. The average molecular weight is 613 g/mol. The van der Waals surface area contributed by atoms with Gasteiger partial charge < -0.3 is 33.2 Å². The molecule has 0 spiro atoms. The molecular formula is C33H40O11. The molecule has 11 heteroatoms. The number of benzene rings is 2. The van der Waals surface area contributed by atoms with Gasteiger partial charge in [0.05, 0.1) is 38.6 Å². The summed E-state index contributed by atoms with van der Waals surface area (Å²) in [5.74, 6) is -1.98. The summed E-state index contributed by atoms with van der Waals surface area (Å²) >= 11 is 0. The summed E-state index contributed by atoms with van der Waals surface area (Å²) in [6.07, 6.45) is 2.00. The average Bonchev–Trinajstić information content (AvgIpc) is 3.05. The van der Waals surface area contributed by atoms with Crippen LogP contribution in [0.25, 0.3) is 0 Å². The smallest absolute Gasteiger partial charge is 0.338 e. The topological polar surface area (TPSA) is 133 Å². The maximum absolute atomic E-state index is 13.1. The number of ether oxygens (including phenoxy) is 7. The molecule has 0 amide bonds. The molecule has 0 bridgehead atoms. The number of ketones is 1. The van der Waals surface area contributed by atoms with Crippen LogP contribution in [0.2, 0.25) is 0 Å². The molecule has 2 rings (SSSR count). The first-order chi connectivity index (χ1) is 21.3. The zero-order chi connectivity index (χ0) is 32.0. The third-order valence-electron chi connectivity index (χ3n) is 5.83. The zero-order valence-electron chi connectivity index (χ0n) is 25.0. The van der Waals surface area contributed by atoms with Crippen molar-refractivity contribution in [3.05, 3.63) is 96.6 Å². The Labute approximate surface area is 257 Å². The van der Waals surface area contributed by atoms with Crippen molar-refractivity contribution < 1.29 is 52.3 Å². The minimum Gasteiger partial charge on any atom is -0.463 e. The molecule has 0 aliphatic heterocycles. The Balaban J connectivity index is 1.90. The Bertz CT molecular complexity index is 1200. The molecule has 11 nitrogen and oxygen atoms in total. The van der Waals surface area contributed by atoms with Crippen LogP contribution in [0.5, 0.6) is 0 Å². The molecule has 238 valence electrons. The molecule has 0 aliphatic rings. The predicted molar refractivity (Wildman–Crippen MR) is 160 cm³/mol. The quantitative estimate of drug-likeness (QED) is 0.0449. The van der Waals surface area contributed by atoms with Crippen LogP contribution in [-0.4, -0.2) is 88.9 Å². The number of esters is 3. The van der Waals surface area contributed by atoms with E-state index >= 15 is 0 Å². The SMILES string of the molecule is C=CC(=O)OCCCCOCC(COC(=O)c1ccccc1C(=O)c1ccccc1)OC(C)OCCOCCOC(=O)C=C. The van der Waals surface area contributed by atoms with Crippen LogP contribution in [-0.2, 0) is 42.7 Å². The van der Waals surface area contributed by atoms with Crippen molar-refractivity contribution in [2.75, 3.05) is 52.9 Å². The van der Waals surface area contributed by atoms with Crippen molar-refractivity contribution in [1.29, 1.82) is 0 Å². The molecule has 0 fully saturated rings. The van der Waals surface area contributed by atoms with Crippen molar-refractivity contribution in [2.45, 2.75) is 32.2 Å². The van der Waals surface area contributed by atoms with Crippen LogP contribution in [0.15, 0.2) is 79.9 Å². The van der Waals surface area contributed by atoms with Gasteiger partial charge in [-0.25, -0.2) is 14.4 Å². The molecule has 0 saturated carbocycles. The van der Waals surface area contributed by atoms with Gasteiger partial charge in [0.2, 0.25) is 0 Å². The molecule has 2 aromatic carbocycles. The largest absolute Gasteiger partial charge is 0.463 e. The van der Waals surface area contributed by atoms with E-state index in [-0.39, 0.29) is 63.2 Å². The Morgan fingerprint density at radius 2 is 1.30 bits per heavy atom. The summed E-state index contributed by atoms with van der Waals surface area (Å²) in [6, 6.07) is 15.1. The van der Waals surface area contributed by atoms with Crippen LogP contribution in [0.4, 0.5) is 0 Å². The van der Waals surface area contributed by atoms with Crippen LogP contribution in [0.3, 0.4) is 0 Å². The second-order valence-electron chi connectivity index (χ2n) is 9.17. The number of carbonyl (C=O) groups is 4. The molecule has 2 atom stereocenters. The van der Waals surface area contributed by atoms with E-state index in [9.17, 15) is 19.2 Å². The monoisotopic (exact) mass is 612 g/mol. The fraction of sp³-hybridized carbons (Fsp3) is 0.394. The van der Waals surface area contributed by atoms with Gasteiger partial charge in [-0.1, -0.05) is 61.7 Å². The first-order valence-electron chi connectivity index (χ1n) is 14.2. The lowest BCUT2D eigenvalue weighted by atomic mass is 9.98. The highest BCUT2D eigenvalue weighted by Crippen LogP contribution is 2.16. The van der Waals surface area contributed by atoms with Gasteiger partial charge in [0, 0.05) is 29.9 Å². The fourth-order valence-electron chi connectivity index (χ4n) is 3.68. The van der Waals surface area contributed by atoms with Gasteiger partial charge in [0.1, 0.15) is 19.3 Å². The number of hydrogen-bond donors (Lipinski definition) is 0. The van der Waals surface area contributed by atoms with Gasteiger partial charge in [-0.15, -0.1) is 0 Å². The van der Waals surface area contributed by atoms with Crippen LogP contribution in [0, 0.1) is 0 Å². The van der Waals surface area contributed by atoms with E-state index in [1.807, 2.05) is 0 Å². The molecule has 0 aromatic heterocycles. The van der Waals surface area contributed by atoms with E-state index in [0.717, 1.165) is 12.2 Å². The van der Waals surface area contributed by atoms with E-state index in [4.69, 9.17) is 33.2 Å². The summed E-state index contributed by atoms with van der Waals surface area (Å²) in [5.41, 5.74) is 0.815. The van der Waals surface area contributed by atoms with Gasteiger partial charge in [-0.05, 0) is 25.8 Å². The number of unbranched alkanes of at least 4 members (excludes halogenated alkanes) is 1. The lowest BCUT2D eigenvalue weighted by molar-refractivity contribution is -0.186. The molecule has 2 aromatic rings. The first-order valence-corrected chi connectivity index (χ1v) is 14.2. The number of rotatable bonds is 23. The third kappa shape index (κ3) is 14.3. The third-order valence-corrected chi connectivity index (χ3v) is 5.83. The number of hydrogen-bond acceptors (Lipinski definition) is 11. The van der Waals surface area contributed by atoms with E-state index in [1.54, 1.807) is 55.5 Å². The summed E-state index contributed by atoms with van der Waals surface area (Å²) in [4.78, 5) is 48.3. The molecule has 2 unspecified atom stereocenters. The highest BCUT2D eigenvalue weighted by molar-refractivity contribution is 6.14. The molecule has 0 N–H and O–H groups in total. The van der Waals surface area contributed by atoms with Gasteiger partial charge in [0.15, 0.2) is 12.1 Å². The summed E-state index contributed by atoms with van der Waals surface area (Å²) in [7, 11) is 0. The minimum atomic E-state index is -0.699. The van der Waals surface area contributed by atoms with Crippen molar-refractivity contribution >= 4 is 23.7 Å². The van der Waals surface area contributed by atoms with E-state index in [2.05, 4.69) is 13.2 Å². The lowest BCUT2D eigenvalue weighted by Crippen LogP contribution is -2.32. The molecule has 44 heavy (non-hydrogen) atoms. The van der Waals surface area contributed by atoms with Crippen LogP contribution >= 0.6 is 0 Å².